The first kappa shape index (κ1) is 18.5. The number of ether oxygens (including phenoxy) is 1. The SMILES string of the molecule is COc1cc(Cl)c(C)cc1NC(=O)C(C)Nc1ccc2nc(C)sc2c1. The van der Waals surface area contributed by atoms with Crippen LogP contribution in [0.25, 0.3) is 10.2 Å². The summed E-state index contributed by atoms with van der Waals surface area (Å²) < 4.78 is 6.40. The summed E-state index contributed by atoms with van der Waals surface area (Å²) in [5.41, 5.74) is 3.32. The van der Waals surface area contributed by atoms with Gasteiger partial charge in [-0.3, -0.25) is 4.79 Å². The van der Waals surface area contributed by atoms with Crippen LogP contribution in [0.4, 0.5) is 11.4 Å². The standard InChI is InChI=1S/C19H20ClN3O2S/c1-10-7-16(17(25-4)9-14(10)20)23-19(24)11(2)21-13-5-6-15-18(8-13)26-12(3)22-15/h5-9,11,21H,1-4H3,(H,23,24). The summed E-state index contributed by atoms with van der Waals surface area (Å²) in [5, 5.41) is 7.74. The molecule has 2 N–H and O–H groups in total. The molecule has 5 nitrogen and oxygen atoms in total. The van der Waals surface area contributed by atoms with Crippen LogP contribution in [-0.4, -0.2) is 24.0 Å². The first-order valence-corrected chi connectivity index (χ1v) is 9.35. The number of anilines is 2. The van der Waals surface area contributed by atoms with Crippen LogP contribution in [0.3, 0.4) is 0 Å². The number of amides is 1. The summed E-state index contributed by atoms with van der Waals surface area (Å²) in [5.74, 6) is 0.369. The molecule has 1 amide bonds. The smallest absolute Gasteiger partial charge is 0.246 e. The van der Waals surface area contributed by atoms with E-state index in [0.29, 0.717) is 16.5 Å². The van der Waals surface area contributed by atoms with Gasteiger partial charge in [0.05, 0.1) is 28.0 Å². The first-order valence-electron chi connectivity index (χ1n) is 8.16. The van der Waals surface area contributed by atoms with Gasteiger partial charge in [-0.1, -0.05) is 11.6 Å². The van der Waals surface area contributed by atoms with Crippen LogP contribution in [0.5, 0.6) is 5.75 Å². The Bertz CT molecular complexity index is 971. The molecule has 0 bridgehead atoms. The third-order valence-electron chi connectivity index (χ3n) is 4.01. The number of halogens is 1. The lowest BCUT2D eigenvalue weighted by molar-refractivity contribution is -0.116. The molecule has 0 aliphatic carbocycles. The number of thiazole rings is 1. The molecule has 0 spiro atoms. The van der Waals surface area contributed by atoms with Gasteiger partial charge < -0.3 is 15.4 Å². The number of nitrogens with zero attached hydrogens (tertiary/aromatic N) is 1. The Hall–Kier alpha value is -2.31. The Morgan fingerprint density at radius 3 is 2.77 bits per heavy atom. The fourth-order valence-electron chi connectivity index (χ4n) is 2.62. The Labute approximate surface area is 161 Å². The van der Waals surface area contributed by atoms with Gasteiger partial charge in [0.2, 0.25) is 5.91 Å². The number of nitrogens with one attached hydrogen (secondary N) is 2. The number of rotatable bonds is 5. The maximum absolute atomic E-state index is 12.6. The molecule has 1 unspecified atom stereocenters. The molecule has 26 heavy (non-hydrogen) atoms. The number of aryl methyl sites for hydroxylation is 2. The topological polar surface area (TPSA) is 63.2 Å². The summed E-state index contributed by atoms with van der Waals surface area (Å²) in [6.07, 6.45) is 0. The highest BCUT2D eigenvalue weighted by atomic mass is 35.5. The van der Waals surface area contributed by atoms with Gasteiger partial charge in [0.15, 0.2) is 0 Å². The Morgan fingerprint density at radius 2 is 2.04 bits per heavy atom. The van der Waals surface area contributed by atoms with E-state index in [1.807, 2.05) is 39.0 Å². The second kappa shape index (κ2) is 7.51. The van der Waals surface area contributed by atoms with Crippen molar-refractivity contribution in [1.29, 1.82) is 0 Å². The van der Waals surface area contributed by atoms with Crippen molar-refractivity contribution in [1.82, 2.24) is 4.98 Å². The molecular weight excluding hydrogens is 370 g/mol. The Morgan fingerprint density at radius 1 is 1.27 bits per heavy atom. The molecule has 0 saturated heterocycles. The van der Waals surface area contributed by atoms with Crippen LogP contribution in [0.2, 0.25) is 5.02 Å². The second-order valence-corrected chi connectivity index (χ2v) is 7.71. The lowest BCUT2D eigenvalue weighted by atomic mass is 10.2. The van der Waals surface area contributed by atoms with Crippen molar-refractivity contribution in [3.63, 3.8) is 0 Å². The number of hydrogen-bond acceptors (Lipinski definition) is 5. The van der Waals surface area contributed by atoms with Gasteiger partial charge in [-0.2, -0.15) is 0 Å². The van der Waals surface area contributed by atoms with E-state index >= 15 is 0 Å². The lowest BCUT2D eigenvalue weighted by Gasteiger charge is -2.17. The van der Waals surface area contributed by atoms with Gasteiger partial charge in [0, 0.05) is 16.8 Å². The third-order valence-corrected chi connectivity index (χ3v) is 5.35. The van der Waals surface area contributed by atoms with Crippen molar-refractivity contribution >= 4 is 50.4 Å². The summed E-state index contributed by atoms with van der Waals surface area (Å²) >= 11 is 7.74. The van der Waals surface area contributed by atoms with Crippen molar-refractivity contribution in [3.8, 4) is 5.75 Å². The monoisotopic (exact) mass is 389 g/mol. The van der Waals surface area contributed by atoms with Crippen molar-refractivity contribution in [3.05, 3.63) is 45.9 Å². The van der Waals surface area contributed by atoms with E-state index in [-0.39, 0.29) is 5.91 Å². The number of methoxy groups -OCH3 is 1. The molecule has 0 radical (unpaired) electrons. The molecule has 1 atom stereocenters. The number of carbonyl (C=O) groups excluding carboxylic acids is 1. The Kier molecular flexibility index (Phi) is 5.34. The summed E-state index contributed by atoms with van der Waals surface area (Å²) in [6, 6.07) is 8.97. The zero-order valence-electron chi connectivity index (χ0n) is 15.0. The summed E-state index contributed by atoms with van der Waals surface area (Å²) in [6.45, 7) is 5.67. The molecule has 3 rings (SSSR count). The highest BCUT2D eigenvalue weighted by Crippen LogP contribution is 2.31. The highest BCUT2D eigenvalue weighted by molar-refractivity contribution is 7.18. The van der Waals surface area contributed by atoms with E-state index in [0.717, 1.165) is 26.5 Å². The number of benzene rings is 2. The average molecular weight is 390 g/mol. The minimum Gasteiger partial charge on any atom is -0.495 e. The van der Waals surface area contributed by atoms with E-state index in [4.69, 9.17) is 16.3 Å². The molecule has 136 valence electrons. The normalized spacial score (nSPS) is 12.0. The minimum atomic E-state index is -0.429. The predicted octanol–water partition coefficient (Wildman–Crippen LogP) is 5.01. The number of carbonyl (C=O) groups is 1. The van der Waals surface area contributed by atoms with Crippen molar-refractivity contribution < 1.29 is 9.53 Å². The second-order valence-electron chi connectivity index (χ2n) is 6.07. The lowest BCUT2D eigenvalue weighted by Crippen LogP contribution is -2.32. The minimum absolute atomic E-state index is 0.161. The zero-order valence-corrected chi connectivity index (χ0v) is 16.6. The van der Waals surface area contributed by atoms with Crippen molar-refractivity contribution in [2.75, 3.05) is 17.7 Å². The van der Waals surface area contributed by atoms with Gasteiger partial charge in [-0.15, -0.1) is 11.3 Å². The van der Waals surface area contributed by atoms with Crippen LogP contribution in [0, 0.1) is 13.8 Å². The van der Waals surface area contributed by atoms with E-state index in [9.17, 15) is 4.79 Å². The molecule has 3 aromatic rings. The Balaban J connectivity index is 1.74. The quantitative estimate of drug-likeness (QED) is 0.643. The fourth-order valence-corrected chi connectivity index (χ4v) is 3.64. The van der Waals surface area contributed by atoms with Gasteiger partial charge in [0.25, 0.3) is 0 Å². The zero-order chi connectivity index (χ0) is 18.8. The molecule has 0 aliphatic rings. The number of fused-ring (bicyclic) bond motifs is 1. The summed E-state index contributed by atoms with van der Waals surface area (Å²) in [4.78, 5) is 17.0. The van der Waals surface area contributed by atoms with Gasteiger partial charge >= 0.3 is 0 Å². The largest absolute Gasteiger partial charge is 0.495 e. The molecule has 0 fully saturated rings. The van der Waals surface area contributed by atoms with Gasteiger partial charge in [-0.05, 0) is 50.6 Å². The maximum Gasteiger partial charge on any atom is 0.246 e. The van der Waals surface area contributed by atoms with Crippen LogP contribution in [-0.2, 0) is 4.79 Å². The molecule has 1 aromatic heterocycles. The summed E-state index contributed by atoms with van der Waals surface area (Å²) in [7, 11) is 1.55. The van der Waals surface area contributed by atoms with E-state index < -0.39 is 6.04 Å². The van der Waals surface area contributed by atoms with Gasteiger partial charge in [0.1, 0.15) is 11.8 Å². The maximum atomic E-state index is 12.6. The fraction of sp³-hybridized carbons (Fsp3) is 0.263. The molecule has 0 aliphatic heterocycles. The first-order chi connectivity index (χ1) is 12.4. The average Bonchev–Trinajstić information content (AvgIpc) is 2.97. The van der Waals surface area contributed by atoms with E-state index in [1.54, 1.807) is 30.6 Å². The van der Waals surface area contributed by atoms with Crippen molar-refractivity contribution in [2.45, 2.75) is 26.8 Å². The van der Waals surface area contributed by atoms with Crippen LogP contribution >= 0.6 is 22.9 Å². The molecule has 1 heterocycles. The van der Waals surface area contributed by atoms with Crippen LogP contribution < -0.4 is 15.4 Å². The predicted molar refractivity (Wildman–Crippen MR) is 109 cm³/mol. The number of aromatic nitrogens is 1. The van der Waals surface area contributed by atoms with Crippen LogP contribution in [0.1, 0.15) is 17.5 Å². The molecular formula is C19H20ClN3O2S. The van der Waals surface area contributed by atoms with Gasteiger partial charge in [-0.25, -0.2) is 4.98 Å². The third kappa shape index (κ3) is 3.92. The molecule has 7 heteroatoms. The molecule has 0 saturated carbocycles. The van der Waals surface area contributed by atoms with Crippen LogP contribution in [0.15, 0.2) is 30.3 Å². The van der Waals surface area contributed by atoms with E-state index in [1.165, 1.54) is 0 Å². The molecule has 2 aromatic carbocycles. The van der Waals surface area contributed by atoms with Crippen molar-refractivity contribution in [2.24, 2.45) is 0 Å². The van der Waals surface area contributed by atoms with E-state index in [2.05, 4.69) is 15.6 Å². The number of hydrogen-bond donors (Lipinski definition) is 2. The highest BCUT2D eigenvalue weighted by Gasteiger charge is 2.16.